The number of methoxy groups -OCH3 is 2. The van der Waals surface area contributed by atoms with Crippen molar-refractivity contribution in [3.8, 4) is 11.5 Å². The van der Waals surface area contributed by atoms with Crippen molar-refractivity contribution in [2.75, 3.05) is 40.4 Å². The van der Waals surface area contributed by atoms with Crippen molar-refractivity contribution in [3.63, 3.8) is 0 Å². The Bertz CT molecular complexity index is 548. The summed E-state index contributed by atoms with van der Waals surface area (Å²) in [4.78, 5) is 6.93. The van der Waals surface area contributed by atoms with Gasteiger partial charge in [-0.2, -0.15) is 0 Å². The maximum absolute atomic E-state index is 5.99. The van der Waals surface area contributed by atoms with Crippen LogP contribution in [0.4, 0.5) is 0 Å². The van der Waals surface area contributed by atoms with Gasteiger partial charge in [0, 0.05) is 13.1 Å². The second-order valence-electron chi connectivity index (χ2n) is 6.23. The number of nitrogens with two attached hydrogens (primary N) is 1. The van der Waals surface area contributed by atoms with E-state index in [1.165, 1.54) is 25.9 Å². The van der Waals surface area contributed by atoms with Crippen LogP contribution in [0.15, 0.2) is 23.2 Å². The van der Waals surface area contributed by atoms with Crippen molar-refractivity contribution in [1.29, 1.82) is 0 Å². The predicted octanol–water partition coefficient (Wildman–Crippen LogP) is 1.84. The van der Waals surface area contributed by atoms with Gasteiger partial charge in [-0.25, -0.2) is 4.99 Å². The highest BCUT2D eigenvalue weighted by atomic mass is 16.5. The first-order valence-corrected chi connectivity index (χ1v) is 8.63. The largest absolute Gasteiger partial charge is 0.493 e. The molecule has 1 aromatic rings. The number of benzene rings is 1. The van der Waals surface area contributed by atoms with Crippen molar-refractivity contribution < 1.29 is 9.47 Å². The van der Waals surface area contributed by atoms with Gasteiger partial charge < -0.3 is 25.4 Å². The molecule has 1 aliphatic rings. The summed E-state index contributed by atoms with van der Waals surface area (Å²) in [6.07, 6.45) is 2.45. The van der Waals surface area contributed by atoms with Gasteiger partial charge in [0.1, 0.15) is 0 Å². The third-order valence-corrected chi connectivity index (χ3v) is 4.36. The normalized spacial score (nSPS) is 18.6. The standard InChI is InChI=1S/C18H30N4O2/c1-4-8-22-9-7-15(13-22)12-21-18(19)20-11-14-5-6-16(23-2)17(10-14)24-3/h5-6,10,15H,4,7-9,11-13H2,1-3H3,(H3,19,20,21). The van der Waals surface area contributed by atoms with E-state index in [1.807, 2.05) is 18.2 Å². The lowest BCUT2D eigenvalue weighted by molar-refractivity contribution is 0.324. The van der Waals surface area contributed by atoms with Crippen LogP contribution >= 0.6 is 0 Å². The minimum Gasteiger partial charge on any atom is -0.493 e. The number of likely N-dealkylation sites (tertiary alicyclic amines) is 1. The van der Waals surface area contributed by atoms with Gasteiger partial charge in [0.25, 0.3) is 0 Å². The van der Waals surface area contributed by atoms with E-state index in [1.54, 1.807) is 14.2 Å². The molecule has 1 atom stereocenters. The van der Waals surface area contributed by atoms with Crippen LogP contribution in [-0.4, -0.2) is 51.3 Å². The van der Waals surface area contributed by atoms with Crippen molar-refractivity contribution >= 4 is 5.96 Å². The predicted molar refractivity (Wildman–Crippen MR) is 97.7 cm³/mol. The molecule has 0 spiro atoms. The van der Waals surface area contributed by atoms with Gasteiger partial charge in [-0.1, -0.05) is 13.0 Å². The zero-order chi connectivity index (χ0) is 17.4. The molecule has 0 aromatic heterocycles. The molecule has 0 bridgehead atoms. The number of ether oxygens (including phenoxy) is 2. The molecule has 6 nitrogen and oxygen atoms in total. The molecule has 0 aliphatic carbocycles. The van der Waals surface area contributed by atoms with Crippen LogP contribution in [0.2, 0.25) is 0 Å². The Balaban J connectivity index is 1.80. The molecular weight excluding hydrogens is 304 g/mol. The average molecular weight is 334 g/mol. The molecule has 1 aromatic carbocycles. The first-order valence-electron chi connectivity index (χ1n) is 8.63. The summed E-state index contributed by atoms with van der Waals surface area (Å²) in [6.45, 7) is 7.18. The molecule has 0 amide bonds. The Hall–Kier alpha value is -1.95. The van der Waals surface area contributed by atoms with E-state index in [2.05, 4.69) is 22.1 Å². The first kappa shape index (κ1) is 18.4. The third-order valence-electron chi connectivity index (χ3n) is 4.36. The second-order valence-corrected chi connectivity index (χ2v) is 6.23. The number of aliphatic imine (C=N–C) groups is 1. The maximum atomic E-state index is 5.99. The number of hydrogen-bond acceptors (Lipinski definition) is 4. The van der Waals surface area contributed by atoms with Crippen LogP contribution in [0.1, 0.15) is 25.3 Å². The molecule has 1 saturated heterocycles. The van der Waals surface area contributed by atoms with Crippen LogP contribution in [0, 0.1) is 5.92 Å². The molecule has 0 saturated carbocycles. The summed E-state index contributed by atoms with van der Waals surface area (Å²) in [7, 11) is 3.26. The van der Waals surface area contributed by atoms with Gasteiger partial charge >= 0.3 is 0 Å². The second kappa shape index (κ2) is 9.37. The van der Waals surface area contributed by atoms with Crippen LogP contribution in [0.25, 0.3) is 0 Å². The summed E-state index contributed by atoms with van der Waals surface area (Å²) < 4.78 is 10.5. The third kappa shape index (κ3) is 5.30. The fourth-order valence-corrected chi connectivity index (χ4v) is 3.06. The molecule has 1 heterocycles. The summed E-state index contributed by atoms with van der Waals surface area (Å²) in [5.74, 6) is 2.58. The van der Waals surface area contributed by atoms with Gasteiger partial charge in [0.2, 0.25) is 0 Å². The van der Waals surface area contributed by atoms with Crippen LogP contribution in [-0.2, 0) is 6.54 Å². The number of nitrogens with one attached hydrogen (secondary N) is 1. The highest BCUT2D eigenvalue weighted by Crippen LogP contribution is 2.27. The smallest absolute Gasteiger partial charge is 0.188 e. The Morgan fingerprint density at radius 2 is 2.12 bits per heavy atom. The highest BCUT2D eigenvalue weighted by Gasteiger charge is 2.21. The van der Waals surface area contributed by atoms with Gasteiger partial charge in [-0.05, 0) is 49.5 Å². The Morgan fingerprint density at radius 1 is 1.33 bits per heavy atom. The van der Waals surface area contributed by atoms with Crippen LogP contribution < -0.4 is 20.5 Å². The highest BCUT2D eigenvalue weighted by molar-refractivity contribution is 5.77. The monoisotopic (exact) mass is 334 g/mol. The molecule has 24 heavy (non-hydrogen) atoms. The number of rotatable bonds is 8. The van der Waals surface area contributed by atoms with E-state index in [4.69, 9.17) is 15.2 Å². The van der Waals surface area contributed by atoms with Crippen molar-refractivity contribution in [2.24, 2.45) is 16.6 Å². The number of guanidine groups is 1. The Morgan fingerprint density at radius 3 is 2.83 bits per heavy atom. The van der Waals surface area contributed by atoms with E-state index in [0.717, 1.165) is 18.7 Å². The van der Waals surface area contributed by atoms with E-state index in [0.29, 0.717) is 29.9 Å². The quantitative estimate of drug-likeness (QED) is 0.561. The van der Waals surface area contributed by atoms with Crippen molar-refractivity contribution in [2.45, 2.75) is 26.3 Å². The molecule has 1 aliphatic heterocycles. The molecule has 134 valence electrons. The van der Waals surface area contributed by atoms with Gasteiger partial charge in [0.15, 0.2) is 17.5 Å². The molecule has 6 heteroatoms. The molecule has 2 rings (SSSR count). The summed E-state index contributed by atoms with van der Waals surface area (Å²) in [6, 6.07) is 5.78. The molecule has 3 N–H and O–H groups in total. The lowest BCUT2D eigenvalue weighted by Gasteiger charge is -2.15. The molecule has 1 unspecified atom stereocenters. The lowest BCUT2D eigenvalue weighted by atomic mass is 10.1. The number of hydrogen-bond donors (Lipinski definition) is 2. The van der Waals surface area contributed by atoms with E-state index >= 15 is 0 Å². The number of nitrogens with zero attached hydrogens (tertiary/aromatic N) is 2. The maximum Gasteiger partial charge on any atom is 0.188 e. The van der Waals surface area contributed by atoms with E-state index < -0.39 is 0 Å². The minimum atomic E-state index is 0.499. The van der Waals surface area contributed by atoms with E-state index in [9.17, 15) is 0 Å². The zero-order valence-electron chi connectivity index (χ0n) is 15.0. The van der Waals surface area contributed by atoms with Crippen molar-refractivity contribution in [3.05, 3.63) is 23.8 Å². The summed E-state index contributed by atoms with van der Waals surface area (Å²) in [5, 5.41) is 3.25. The zero-order valence-corrected chi connectivity index (χ0v) is 15.0. The molecule has 0 radical (unpaired) electrons. The van der Waals surface area contributed by atoms with Gasteiger partial charge in [-0.3, -0.25) is 0 Å². The first-order chi connectivity index (χ1) is 11.7. The van der Waals surface area contributed by atoms with Gasteiger partial charge in [-0.15, -0.1) is 0 Å². The lowest BCUT2D eigenvalue weighted by Crippen LogP contribution is -2.36. The Kier molecular flexibility index (Phi) is 7.18. The average Bonchev–Trinajstić information content (AvgIpc) is 3.05. The minimum absolute atomic E-state index is 0.499. The van der Waals surface area contributed by atoms with Gasteiger partial charge in [0.05, 0.1) is 20.8 Å². The summed E-state index contributed by atoms with van der Waals surface area (Å²) >= 11 is 0. The van der Waals surface area contributed by atoms with Crippen molar-refractivity contribution in [1.82, 2.24) is 10.2 Å². The Labute approximate surface area is 145 Å². The SMILES string of the molecule is CCCN1CCC(CNC(N)=NCc2ccc(OC)c(OC)c2)C1. The van der Waals surface area contributed by atoms with Crippen LogP contribution in [0.3, 0.4) is 0 Å². The molecule has 1 fully saturated rings. The molecular formula is C18H30N4O2. The topological polar surface area (TPSA) is 72.1 Å². The fraction of sp³-hybridized carbons (Fsp3) is 0.611. The van der Waals surface area contributed by atoms with Crippen LogP contribution in [0.5, 0.6) is 11.5 Å². The van der Waals surface area contributed by atoms with E-state index in [-0.39, 0.29) is 0 Å². The summed E-state index contributed by atoms with van der Waals surface area (Å²) in [5.41, 5.74) is 7.02. The fourth-order valence-electron chi connectivity index (χ4n) is 3.06.